The number of hydrogen-bond acceptors (Lipinski definition) is 13. The molecule has 2 aromatic rings. The molecule has 0 aliphatic carbocycles. The average molecular weight is 946 g/mol. The van der Waals surface area contributed by atoms with E-state index in [9.17, 15) is 28.3 Å². The topological polar surface area (TPSA) is 184 Å². The van der Waals surface area contributed by atoms with Crippen molar-refractivity contribution in [3.05, 3.63) is 80.2 Å². The molecule has 0 saturated carbocycles. The zero-order valence-corrected chi connectivity index (χ0v) is 41.2. The first-order chi connectivity index (χ1) is 30.1. The SMILES string of the molecule is C.C/C=C/CC(C)C(OCOP(C)(C)=O)C1C(=O)NCCCCN(C)C(C(C)C)C(=O)N1C.CC[C@@]1(OCOP(C)(C)=O)C(=O)OCc2c1cc1n(c2=O)CC2C=c3ccccc3=NC12. The lowest BCUT2D eigenvalue weighted by Gasteiger charge is -2.39. The Morgan fingerprint density at radius 1 is 0.985 bits per heavy atom. The van der Waals surface area contributed by atoms with Gasteiger partial charge in [-0.05, 0) is 75.4 Å². The molecule has 1 fully saturated rings. The van der Waals surface area contributed by atoms with Crippen molar-refractivity contribution >= 4 is 38.6 Å². The fourth-order valence-electron chi connectivity index (χ4n) is 8.90. The molecular weight excluding hydrogens is 872 g/mol. The van der Waals surface area contributed by atoms with Crippen molar-refractivity contribution in [3.63, 3.8) is 0 Å². The number of pyridine rings is 1. The van der Waals surface area contributed by atoms with Crippen LogP contribution in [0, 0.1) is 17.8 Å². The third-order valence-electron chi connectivity index (χ3n) is 12.3. The predicted molar refractivity (Wildman–Crippen MR) is 253 cm³/mol. The van der Waals surface area contributed by atoms with Gasteiger partial charge < -0.3 is 38.0 Å². The Hall–Kier alpha value is -3.75. The van der Waals surface area contributed by atoms with Gasteiger partial charge in [0.15, 0.2) is 33.9 Å². The van der Waals surface area contributed by atoms with Gasteiger partial charge in [0.1, 0.15) is 12.6 Å². The van der Waals surface area contributed by atoms with E-state index in [-0.39, 0.29) is 81.3 Å². The molecule has 0 radical (unpaired) electrons. The van der Waals surface area contributed by atoms with E-state index in [0.717, 1.165) is 35.7 Å². The molecule has 5 heterocycles. The highest BCUT2D eigenvalue weighted by Gasteiger charge is 2.49. The lowest BCUT2D eigenvalue weighted by molar-refractivity contribution is -0.191. The quantitative estimate of drug-likeness (QED) is 0.107. The number of allylic oxidation sites excluding steroid dienone is 2. The summed E-state index contributed by atoms with van der Waals surface area (Å²) in [4.78, 5) is 61.8. The summed E-state index contributed by atoms with van der Waals surface area (Å²) >= 11 is 0. The molecule has 1 aromatic carbocycles. The Morgan fingerprint density at radius 2 is 1.66 bits per heavy atom. The summed E-state index contributed by atoms with van der Waals surface area (Å²) in [5.74, 6) is -0.836. The van der Waals surface area contributed by atoms with Crippen LogP contribution in [0.25, 0.3) is 6.08 Å². The summed E-state index contributed by atoms with van der Waals surface area (Å²) in [5, 5.41) is 4.94. The number of carbonyl (C=O) groups excluding carboxylic acids is 3. The number of fused-ring (bicyclic) bond motifs is 5. The van der Waals surface area contributed by atoms with Gasteiger partial charge in [-0.2, -0.15) is 0 Å². The number of nitrogens with one attached hydrogen (secondary N) is 1. The summed E-state index contributed by atoms with van der Waals surface area (Å²) in [6.07, 6.45) is 8.16. The van der Waals surface area contributed by atoms with Crippen molar-refractivity contribution < 1.29 is 46.8 Å². The maximum Gasteiger partial charge on any atom is 0.343 e. The van der Waals surface area contributed by atoms with Gasteiger partial charge in [-0.15, -0.1) is 0 Å². The van der Waals surface area contributed by atoms with Crippen molar-refractivity contribution in [3.8, 4) is 0 Å². The van der Waals surface area contributed by atoms with E-state index in [2.05, 4.69) is 16.3 Å². The normalized spacial score (nSPS) is 24.6. The lowest BCUT2D eigenvalue weighted by atomic mass is 9.85. The number of benzene rings is 1. The zero-order valence-electron chi connectivity index (χ0n) is 39.4. The Balaban J connectivity index is 0.000000280. The maximum atomic E-state index is 13.6. The molecule has 4 aliphatic heterocycles. The Bertz CT molecular complexity index is 2320. The van der Waals surface area contributed by atoms with E-state index < -0.39 is 38.5 Å². The van der Waals surface area contributed by atoms with E-state index in [1.807, 2.05) is 77.2 Å². The molecule has 0 bridgehead atoms. The number of aromatic nitrogens is 1. The molecule has 1 saturated heterocycles. The van der Waals surface area contributed by atoms with E-state index >= 15 is 0 Å². The number of esters is 1. The lowest BCUT2D eigenvalue weighted by Crippen LogP contribution is -2.60. The standard InChI is InChI=1S/C23H44N3O5P.C23H25N2O6P.CH4/c1-9-10-13-18(4)21(30-16-31-32(7,8)29)20-22(27)24-14-11-12-15-25(5)19(17(2)3)23(28)26(20)6;1-4-23(30-13-31-32(2,3)28)17-10-19-20-15(9-14-7-5-6-8-18(14)24-20)11-25(19)21(26)16(17)12-29-22(23)27;/h9-10,17-21H,11-16H2,1-8H3,(H,24,27);5-10,15,20H,4,11-13H2,1-3H3;1H4/b10-9+;;/t;15?,20?,23-;/m.0./s1. The number of hydrogen-bond donors (Lipinski definition) is 1. The molecule has 0 spiro atoms. The van der Waals surface area contributed by atoms with Crippen LogP contribution in [0.4, 0.5) is 0 Å². The minimum Gasteiger partial charge on any atom is -0.458 e. The molecule has 18 heteroatoms. The molecule has 2 amide bonds. The summed E-state index contributed by atoms with van der Waals surface area (Å²) in [6, 6.07) is 8.40. The number of carbonyl (C=O) groups is 3. The molecule has 1 N–H and O–H groups in total. The summed E-state index contributed by atoms with van der Waals surface area (Å²) in [6.45, 7) is 17.0. The Kier molecular flexibility index (Phi) is 18.9. The summed E-state index contributed by atoms with van der Waals surface area (Å²) in [7, 11) is -1.92. The van der Waals surface area contributed by atoms with Crippen LogP contribution >= 0.6 is 14.7 Å². The summed E-state index contributed by atoms with van der Waals surface area (Å²) < 4.78 is 53.6. The van der Waals surface area contributed by atoms with Gasteiger partial charge in [0.2, 0.25) is 11.8 Å². The molecule has 4 aliphatic rings. The fraction of sp³-hybridized carbons (Fsp3) is 0.638. The molecule has 6 rings (SSSR count). The Labute approximate surface area is 385 Å². The van der Waals surface area contributed by atoms with Crippen LogP contribution in [-0.2, 0) is 65.5 Å². The predicted octanol–water partition coefficient (Wildman–Crippen LogP) is 5.64. The van der Waals surface area contributed by atoms with Crippen molar-refractivity contribution in [1.82, 2.24) is 19.7 Å². The molecule has 65 heavy (non-hydrogen) atoms. The highest BCUT2D eigenvalue weighted by Crippen LogP contribution is 2.44. The van der Waals surface area contributed by atoms with Crippen molar-refractivity contribution in [2.24, 2.45) is 22.7 Å². The van der Waals surface area contributed by atoms with Gasteiger partial charge in [-0.25, -0.2) is 4.79 Å². The first-order valence-electron chi connectivity index (χ1n) is 22.2. The van der Waals surface area contributed by atoms with Gasteiger partial charge in [-0.3, -0.25) is 33.4 Å². The van der Waals surface area contributed by atoms with Crippen LogP contribution in [0.2, 0.25) is 0 Å². The zero-order chi connectivity index (χ0) is 47.1. The van der Waals surface area contributed by atoms with Gasteiger partial charge in [0, 0.05) is 64.0 Å². The number of ether oxygens (including phenoxy) is 3. The third kappa shape index (κ3) is 12.8. The molecule has 362 valence electrons. The second kappa shape index (κ2) is 22.8. The highest BCUT2D eigenvalue weighted by molar-refractivity contribution is 7.57. The first-order valence-corrected chi connectivity index (χ1v) is 27.3. The van der Waals surface area contributed by atoms with Gasteiger partial charge in [0.25, 0.3) is 5.56 Å². The van der Waals surface area contributed by atoms with Crippen molar-refractivity contribution in [2.75, 3.05) is 67.4 Å². The highest BCUT2D eigenvalue weighted by atomic mass is 31.2. The van der Waals surface area contributed by atoms with E-state index in [1.54, 1.807) is 18.5 Å². The maximum absolute atomic E-state index is 13.6. The minimum absolute atomic E-state index is 0. The van der Waals surface area contributed by atoms with Crippen molar-refractivity contribution in [1.29, 1.82) is 0 Å². The minimum atomic E-state index is -2.81. The number of para-hydroxylation sites is 1. The number of cyclic esters (lactones) is 1. The fourth-order valence-corrected chi connectivity index (χ4v) is 9.52. The molecule has 1 aromatic heterocycles. The van der Waals surface area contributed by atoms with E-state index in [1.165, 1.54) is 31.6 Å². The monoisotopic (exact) mass is 945 g/mol. The smallest absolute Gasteiger partial charge is 0.343 e. The molecular formula is C47H73N5O11P2. The van der Waals surface area contributed by atoms with Crippen LogP contribution in [0.5, 0.6) is 0 Å². The second-order valence-electron chi connectivity index (χ2n) is 18.2. The number of rotatable bonds is 14. The van der Waals surface area contributed by atoms with Gasteiger partial charge in [-0.1, -0.05) is 71.5 Å². The van der Waals surface area contributed by atoms with Crippen LogP contribution in [0.1, 0.15) is 90.6 Å². The molecule has 7 atom stereocenters. The molecule has 16 nitrogen and oxygen atoms in total. The van der Waals surface area contributed by atoms with Crippen LogP contribution < -0.4 is 21.5 Å². The number of amides is 2. The van der Waals surface area contributed by atoms with Crippen molar-refractivity contribution in [2.45, 2.75) is 111 Å². The van der Waals surface area contributed by atoms with Crippen LogP contribution in [0.15, 0.2) is 52.3 Å². The molecule has 6 unspecified atom stereocenters. The van der Waals surface area contributed by atoms with Gasteiger partial charge in [0.05, 0.1) is 29.1 Å². The van der Waals surface area contributed by atoms with Crippen LogP contribution in [-0.4, -0.2) is 118 Å². The summed E-state index contributed by atoms with van der Waals surface area (Å²) in [5.41, 5.74) is -0.0223. The first kappa shape index (κ1) is 53.9. The Morgan fingerprint density at radius 3 is 2.31 bits per heavy atom. The van der Waals surface area contributed by atoms with Gasteiger partial charge >= 0.3 is 5.97 Å². The third-order valence-corrected chi connectivity index (χ3v) is 13.7. The number of nitrogens with zero attached hydrogens (tertiary/aromatic N) is 4. The second-order valence-corrected chi connectivity index (χ2v) is 23.7. The van der Waals surface area contributed by atoms with E-state index in [4.69, 9.17) is 28.3 Å². The van der Waals surface area contributed by atoms with E-state index in [0.29, 0.717) is 30.6 Å². The average Bonchev–Trinajstić information content (AvgIpc) is 3.58. The largest absolute Gasteiger partial charge is 0.458 e. The van der Waals surface area contributed by atoms with Crippen LogP contribution in [0.3, 0.4) is 0 Å². The number of likely N-dealkylation sites (N-methyl/N-ethyl adjacent to an activating group) is 2.